The van der Waals surface area contributed by atoms with Crippen molar-refractivity contribution in [2.45, 2.75) is 31.2 Å². The lowest BCUT2D eigenvalue weighted by atomic mass is 10.1. The predicted octanol–water partition coefficient (Wildman–Crippen LogP) is 3.31. The molecule has 0 atom stereocenters. The molecule has 2 aromatic rings. The van der Waals surface area contributed by atoms with Gasteiger partial charge in [0.15, 0.2) is 0 Å². The van der Waals surface area contributed by atoms with Crippen molar-refractivity contribution in [2.24, 2.45) is 0 Å². The van der Waals surface area contributed by atoms with Gasteiger partial charge in [-0.2, -0.15) is 0 Å². The molecule has 0 spiro atoms. The summed E-state index contributed by atoms with van der Waals surface area (Å²) in [4.78, 5) is 26.6. The summed E-state index contributed by atoms with van der Waals surface area (Å²) in [6, 6.07) is 14.3. The molecule has 0 aliphatic heterocycles. The number of carbonyl (C=O) groups is 2. The Morgan fingerprint density at radius 1 is 1.08 bits per heavy atom. The van der Waals surface area contributed by atoms with Gasteiger partial charge in [0.25, 0.3) is 0 Å². The molecule has 2 rings (SSSR count). The smallest absolute Gasteiger partial charge is 0.240 e. The highest BCUT2D eigenvalue weighted by Crippen LogP contribution is 2.23. The van der Waals surface area contributed by atoms with Crippen molar-refractivity contribution in [3.63, 3.8) is 0 Å². The number of benzene rings is 2. The first kappa shape index (κ1) is 18.3. The van der Waals surface area contributed by atoms with Crippen LogP contribution >= 0.6 is 11.8 Å². The fourth-order valence-electron chi connectivity index (χ4n) is 2.27. The summed E-state index contributed by atoms with van der Waals surface area (Å²) in [5.41, 5.74) is -0.291. The Balaban J connectivity index is 1.88. The van der Waals surface area contributed by atoms with Gasteiger partial charge in [0, 0.05) is 17.5 Å². The molecule has 0 radical (unpaired) electrons. The second-order valence-electron chi connectivity index (χ2n) is 6.85. The molecule has 0 aromatic heterocycles. The molecule has 24 heavy (non-hydrogen) atoms. The minimum absolute atomic E-state index is 0.0581. The summed E-state index contributed by atoms with van der Waals surface area (Å²) < 4.78 is 0. The van der Waals surface area contributed by atoms with Crippen molar-refractivity contribution in [3.8, 4) is 0 Å². The summed E-state index contributed by atoms with van der Waals surface area (Å²) >= 11 is 1.49. The first-order chi connectivity index (χ1) is 11.2. The van der Waals surface area contributed by atoms with Crippen LogP contribution in [0, 0.1) is 0 Å². The van der Waals surface area contributed by atoms with Gasteiger partial charge in [-0.3, -0.25) is 9.59 Å². The molecule has 0 unspecified atom stereocenters. The molecule has 0 heterocycles. The Bertz CT molecular complexity index is 737. The van der Waals surface area contributed by atoms with Crippen LogP contribution in [0.4, 0.5) is 0 Å². The van der Waals surface area contributed by atoms with Gasteiger partial charge in [0.1, 0.15) is 0 Å². The van der Waals surface area contributed by atoms with Gasteiger partial charge in [-0.1, -0.05) is 30.3 Å². The van der Waals surface area contributed by atoms with E-state index in [-0.39, 0.29) is 23.9 Å². The first-order valence-corrected chi connectivity index (χ1v) is 8.90. The minimum atomic E-state index is -0.291. The normalized spacial score (nSPS) is 11.3. The molecule has 1 N–H and O–H groups in total. The van der Waals surface area contributed by atoms with Crippen molar-refractivity contribution in [1.82, 2.24) is 10.2 Å². The van der Waals surface area contributed by atoms with Gasteiger partial charge < -0.3 is 10.2 Å². The molecule has 0 aliphatic carbocycles. The van der Waals surface area contributed by atoms with Crippen molar-refractivity contribution in [2.75, 3.05) is 19.3 Å². The van der Waals surface area contributed by atoms with Gasteiger partial charge in [-0.05, 0) is 43.7 Å². The third-order valence-corrected chi connectivity index (χ3v) is 4.38. The monoisotopic (exact) mass is 344 g/mol. The summed E-state index contributed by atoms with van der Waals surface area (Å²) in [6.07, 6.45) is 0. The van der Waals surface area contributed by atoms with E-state index in [0.29, 0.717) is 5.75 Å². The standard InChI is InChI=1S/C19H24N2O2S/c1-19(2,3)20-17(22)12-21(4)18(23)13-24-16-10-9-14-7-5-6-8-15(14)11-16/h5-11H,12-13H2,1-4H3,(H,20,22). The Morgan fingerprint density at radius 2 is 1.75 bits per heavy atom. The van der Waals surface area contributed by atoms with Crippen LogP contribution in [0.1, 0.15) is 20.8 Å². The molecule has 0 saturated carbocycles. The first-order valence-electron chi connectivity index (χ1n) is 7.91. The van der Waals surface area contributed by atoms with E-state index in [1.165, 1.54) is 22.0 Å². The molecule has 0 bridgehead atoms. The highest BCUT2D eigenvalue weighted by atomic mass is 32.2. The highest BCUT2D eigenvalue weighted by molar-refractivity contribution is 8.00. The fraction of sp³-hybridized carbons (Fsp3) is 0.368. The molecule has 2 amide bonds. The number of nitrogens with zero attached hydrogens (tertiary/aromatic N) is 1. The Morgan fingerprint density at radius 3 is 2.42 bits per heavy atom. The number of likely N-dealkylation sites (N-methyl/N-ethyl adjacent to an activating group) is 1. The number of hydrogen-bond donors (Lipinski definition) is 1. The van der Waals surface area contributed by atoms with E-state index in [0.717, 1.165) is 10.3 Å². The van der Waals surface area contributed by atoms with Crippen molar-refractivity contribution < 1.29 is 9.59 Å². The molecule has 5 heteroatoms. The summed E-state index contributed by atoms with van der Waals surface area (Å²) in [6.45, 7) is 5.83. The lowest BCUT2D eigenvalue weighted by Gasteiger charge is -2.23. The fourth-order valence-corrected chi connectivity index (χ4v) is 3.16. The lowest BCUT2D eigenvalue weighted by Crippen LogP contribution is -2.46. The lowest BCUT2D eigenvalue weighted by molar-refractivity contribution is -0.133. The van der Waals surface area contributed by atoms with E-state index in [9.17, 15) is 9.59 Å². The number of rotatable bonds is 5. The second-order valence-corrected chi connectivity index (χ2v) is 7.89. The van der Waals surface area contributed by atoms with E-state index in [2.05, 4.69) is 29.6 Å². The van der Waals surface area contributed by atoms with E-state index in [1.54, 1.807) is 7.05 Å². The van der Waals surface area contributed by atoms with Crippen LogP contribution in [-0.2, 0) is 9.59 Å². The van der Waals surface area contributed by atoms with Crippen molar-refractivity contribution in [1.29, 1.82) is 0 Å². The molecular formula is C19H24N2O2S. The zero-order valence-electron chi connectivity index (χ0n) is 14.6. The average Bonchev–Trinajstić information content (AvgIpc) is 2.50. The van der Waals surface area contributed by atoms with E-state index >= 15 is 0 Å². The Kier molecular flexibility index (Phi) is 5.89. The van der Waals surface area contributed by atoms with Gasteiger partial charge in [-0.25, -0.2) is 0 Å². The van der Waals surface area contributed by atoms with Crippen LogP contribution in [0.2, 0.25) is 0 Å². The molecule has 0 saturated heterocycles. The van der Waals surface area contributed by atoms with Crippen LogP contribution in [0.25, 0.3) is 10.8 Å². The van der Waals surface area contributed by atoms with Crippen LogP contribution in [0.3, 0.4) is 0 Å². The minimum Gasteiger partial charge on any atom is -0.350 e. The molecule has 4 nitrogen and oxygen atoms in total. The average molecular weight is 344 g/mol. The van der Waals surface area contributed by atoms with Gasteiger partial charge in [-0.15, -0.1) is 11.8 Å². The number of nitrogens with one attached hydrogen (secondary N) is 1. The number of carbonyl (C=O) groups excluding carboxylic acids is 2. The maximum absolute atomic E-state index is 12.2. The Hall–Kier alpha value is -2.01. The summed E-state index contributed by atoms with van der Waals surface area (Å²) in [5, 5.41) is 5.20. The van der Waals surface area contributed by atoms with Gasteiger partial charge >= 0.3 is 0 Å². The molecule has 2 aromatic carbocycles. The summed E-state index contributed by atoms with van der Waals surface area (Å²) in [7, 11) is 1.66. The van der Waals surface area contributed by atoms with E-state index < -0.39 is 0 Å². The van der Waals surface area contributed by atoms with Gasteiger partial charge in [0.05, 0.1) is 12.3 Å². The third kappa shape index (κ3) is 5.57. The Labute approximate surface area is 147 Å². The van der Waals surface area contributed by atoms with Crippen LogP contribution < -0.4 is 5.32 Å². The van der Waals surface area contributed by atoms with E-state index in [4.69, 9.17) is 0 Å². The zero-order valence-corrected chi connectivity index (χ0v) is 15.4. The molecule has 0 fully saturated rings. The van der Waals surface area contributed by atoms with Crippen LogP contribution in [0.5, 0.6) is 0 Å². The second kappa shape index (κ2) is 7.71. The molecule has 128 valence electrons. The number of fused-ring (bicyclic) bond motifs is 1. The molecule has 0 aliphatic rings. The predicted molar refractivity (Wildman–Crippen MR) is 100 cm³/mol. The van der Waals surface area contributed by atoms with Crippen molar-refractivity contribution >= 4 is 34.3 Å². The number of amides is 2. The quantitative estimate of drug-likeness (QED) is 0.847. The third-order valence-electron chi connectivity index (χ3n) is 3.40. The molecular weight excluding hydrogens is 320 g/mol. The number of hydrogen-bond acceptors (Lipinski definition) is 3. The van der Waals surface area contributed by atoms with Gasteiger partial charge in [0.2, 0.25) is 11.8 Å². The topological polar surface area (TPSA) is 49.4 Å². The van der Waals surface area contributed by atoms with Crippen molar-refractivity contribution in [3.05, 3.63) is 42.5 Å². The largest absolute Gasteiger partial charge is 0.350 e. The number of thioether (sulfide) groups is 1. The SMILES string of the molecule is CN(CC(=O)NC(C)(C)C)C(=O)CSc1ccc2ccccc2c1. The van der Waals surface area contributed by atoms with E-state index in [1.807, 2.05) is 39.0 Å². The highest BCUT2D eigenvalue weighted by Gasteiger charge is 2.17. The maximum Gasteiger partial charge on any atom is 0.240 e. The van der Waals surface area contributed by atoms with Crippen LogP contribution in [0.15, 0.2) is 47.4 Å². The maximum atomic E-state index is 12.2. The van der Waals surface area contributed by atoms with Crippen LogP contribution in [-0.4, -0.2) is 41.6 Å². The zero-order chi connectivity index (χ0) is 17.7. The summed E-state index contributed by atoms with van der Waals surface area (Å²) in [5.74, 6) is 0.115.